The summed E-state index contributed by atoms with van der Waals surface area (Å²) in [5.74, 6) is -2.08. The van der Waals surface area contributed by atoms with Gasteiger partial charge in [-0.2, -0.15) is 0 Å². The second-order valence-electron chi connectivity index (χ2n) is 3.30. The summed E-state index contributed by atoms with van der Waals surface area (Å²) in [5, 5.41) is 20.4. The summed E-state index contributed by atoms with van der Waals surface area (Å²) in [6, 6.07) is 1.21. The van der Waals surface area contributed by atoms with Crippen LogP contribution in [0.5, 0.6) is 5.75 Å². The zero-order chi connectivity index (χ0) is 13.2. The summed E-state index contributed by atoms with van der Waals surface area (Å²) in [4.78, 5) is 21.9. The number of aliphatic carboxylic acids is 1. The second kappa shape index (κ2) is 5.25. The maximum Gasteiger partial charge on any atom is 0.330 e. The molecule has 0 fully saturated rings. The van der Waals surface area contributed by atoms with Crippen molar-refractivity contribution in [3.05, 3.63) is 27.7 Å². The lowest BCUT2D eigenvalue weighted by atomic mass is 10.1. The molecular formula is C10H9Cl2NO4. The van der Waals surface area contributed by atoms with E-state index in [0.717, 1.165) is 0 Å². The van der Waals surface area contributed by atoms with Crippen molar-refractivity contribution in [1.29, 1.82) is 0 Å². The highest BCUT2D eigenvalue weighted by Gasteiger charge is 2.22. The van der Waals surface area contributed by atoms with Gasteiger partial charge in [-0.1, -0.05) is 23.2 Å². The molecule has 7 heteroatoms. The molecule has 92 valence electrons. The predicted molar refractivity (Wildman–Crippen MR) is 62.3 cm³/mol. The fraction of sp³-hybridized carbons (Fsp3) is 0.200. The number of carboxylic acid groups (broad SMARTS) is 1. The molecule has 0 unspecified atom stereocenters. The molecule has 0 saturated carbocycles. The van der Waals surface area contributed by atoms with Crippen LogP contribution in [0, 0.1) is 0 Å². The lowest BCUT2D eigenvalue weighted by Gasteiger charge is -2.14. The molecule has 5 nitrogen and oxygen atoms in total. The summed E-state index contributed by atoms with van der Waals surface area (Å²) in [6.07, 6.45) is 0. The molecule has 1 aromatic rings. The SMILES string of the molecule is CC(=O)N[C@H](C(=O)O)c1cc(Cl)c(O)c(Cl)c1. The number of amides is 1. The third-order valence-electron chi connectivity index (χ3n) is 1.97. The van der Waals surface area contributed by atoms with Gasteiger partial charge in [0, 0.05) is 6.92 Å². The van der Waals surface area contributed by atoms with Crippen molar-refractivity contribution < 1.29 is 19.8 Å². The van der Waals surface area contributed by atoms with Crippen LogP contribution in [0.15, 0.2) is 12.1 Å². The van der Waals surface area contributed by atoms with Crippen LogP contribution in [0.4, 0.5) is 0 Å². The van der Waals surface area contributed by atoms with Crippen LogP contribution in [-0.2, 0) is 9.59 Å². The zero-order valence-electron chi connectivity index (χ0n) is 8.70. The maximum atomic E-state index is 11.0. The van der Waals surface area contributed by atoms with Crippen molar-refractivity contribution in [3.63, 3.8) is 0 Å². The fourth-order valence-electron chi connectivity index (χ4n) is 1.24. The van der Waals surface area contributed by atoms with Crippen molar-refractivity contribution in [2.75, 3.05) is 0 Å². The number of carboxylic acids is 1. The Morgan fingerprint density at radius 1 is 1.29 bits per heavy atom. The standard InChI is InChI=1S/C10H9Cl2NO4/c1-4(14)13-8(10(16)17)5-2-6(11)9(15)7(12)3-5/h2-3,8,15H,1H3,(H,13,14)(H,16,17)/t8-/m0/s1. The number of halogens is 2. The van der Waals surface area contributed by atoms with E-state index < -0.39 is 17.9 Å². The van der Waals surface area contributed by atoms with Crippen molar-refractivity contribution >= 4 is 35.1 Å². The number of hydrogen-bond acceptors (Lipinski definition) is 3. The van der Waals surface area contributed by atoms with Crippen LogP contribution < -0.4 is 5.32 Å². The Hall–Kier alpha value is -1.46. The fourth-order valence-corrected chi connectivity index (χ4v) is 1.75. The van der Waals surface area contributed by atoms with Crippen LogP contribution in [0.2, 0.25) is 10.0 Å². The number of hydrogen-bond donors (Lipinski definition) is 3. The number of phenols is 1. The number of carbonyl (C=O) groups excluding carboxylic acids is 1. The van der Waals surface area contributed by atoms with Crippen molar-refractivity contribution in [2.45, 2.75) is 13.0 Å². The van der Waals surface area contributed by atoms with Crippen molar-refractivity contribution in [3.8, 4) is 5.75 Å². The Morgan fingerprint density at radius 3 is 2.12 bits per heavy atom. The smallest absolute Gasteiger partial charge is 0.330 e. The van der Waals surface area contributed by atoms with Crippen LogP contribution in [0.25, 0.3) is 0 Å². The highest BCUT2D eigenvalue weighted by Crippen LogP contribution is 2.34. The molecule has 3 N–H and O–H groups in total. The van der Waals surface area contributed by atoms with E-state index in [1.165, 1.54) is 19.1 Å². The molecule has 0 heterocycles. The van der Waals surface area contributed by atoms with Gasteiger partial charge in [-0.3, -0.25) is 4.79 Å². The van der Waals surface area contributed by atoms with Gasteiger partial charge >= 0.3 is 5.97 Å². The molecule has 1 aromatic carbocycles. The number of rotatable bonds is 3. The van der Waals surface area contributed by atoms with Gasteiger partial charge in [0.05, 0.1) is 10.0 Å². The summed E-state index contributed by atoms with van der Waals surface area (Å²) >= 11 is 11.3. The minimum atomic E-state index is -1.26. The number of nitrogens with one attached hydrogen (secondary N) is 1. The van der Waals surface area contributed by atoms with Crippen LogP contribution >= 0.6 is 23.2 Å². The second-order valence-corrected chi connectivity index (χ2v) is 4.12. The van der Waals surface area contributed by atoms with Crippen molar-refractivity contribution in [2.24, 2.45) is 0 Å². The summed E-state index contributed by atoms with van der Waals surface area (Å²) < 4.78 is 0. The largest absolute Gasteiger partial charge is 0.505 e. The number of carbonyl (C=O) groups is 2. The summed E-state index contributed by atoms with van der Waals surface area (Å²) in [5.41, 5.74) is 0.181. The predicted octanol–water partition coefficient (Wildman–Crippen LogP) is 1.96. The molecule has 0 radical (unpaired) electrons. The first-order valence-electron chi connectivity index (χ1n) is 4.50. The van der Waals surface area contributed by atoms with Crippen molar-refractivity contribution in [1.82, 2.24) is 5.32 Å². The lowest BCUT2D eigenvalue weighted by Crippen LogP contribution is -2.31. The number of benzene rings is 1. The minimum absolute atomic E-state index is 0.0795. The monoisotopic (exact) mass is 277 g/mol. The zero-order valence-corrected chi connectivity index (χ0v) is 10.2. The van der Waals surface area contributed by atoms with Crippen LogP contribution in [-0.4, -0.2) is 22.1 Å². The molecule has 0 aromatic heterocycles. The molecule has 17 heavy (non-hydrogen) atoms. The van der Waals surface area contributed by atoms with Gasteiger partial charge in [0.25, 0.3) is 0 Å². The molecule has 0 bridgehead atoms. The van der Waals surface area contributed by atoms with Crippen LogP contribution in [0.3, 0.4) is 0 Å². The van der Waals surface area contributed by atoms with E-state index in [1.807, 2.05) is 0 Å². The van der Waals surface area contributed by atoms with E-state index in [1.54, 1.807) is 0 Å². The lowest BCUT2D eigenvalue weighted by molar-refractivity contribution is -0.141. The third kappa shape index (κ3) is 3.25. The van der Waals surface area contributed by atoms with Gasteiger partial charge in [-0.25, -0.2) is 4.79 Å². The minimum Gasteiger partial charge on any atom is -0.505 e. The normalized spacial score (nSPS) is 11.9. The number of phenolic OH excluding ortho intramolecular Hbond substituents is 1. The van der Waals surface area contributed by atoms with Gasteiger partial charge in [-0.15, -0.1) is 0 Å². The molecule has 0 aliphatic heterocycles. The molecule has 0 aliphatic rings. The molecule has 0 saturated heterocycles. The van der Waals surface area contributed by atoms with E-state index >= 15 is 0 Å². The first-order chi connectivity index (χ1) is 7.82. The van der Waals surface area contributed by atoms with Gasteiger partial charge in [0.15, 0.2) is 11.8 Å². The number of aromatic hydroxyl groups is 1. The van der Waals surface area contributed by atoms with Gasteiger partial charge in [-0.05, 0) is 17.7 Å². The Balaban J connectivity index is 3.19. The first-order valence-corrected chi connectivity index (χ1v) is 5.26. The average Bonchev–Trinajstić information content (AvgIpc) is 2.21. The summed E-state index contributed by atoms with van der Waals surface area (Å²) in [6.45, 7) is 1.19. The van der Waals surface area contributed by atoms with E-state index in [9.17, 15) is 14.7 Å². The average molecular weight is 278 g/mol. The van der Waals surface area contributed by atoms with Crippen LogP contribution in [0.1, 0.15) is 18.5 Å². The molecule has 1 rings (SSSR count). The highest BCUT2D eigenvalue weighted by molar-refractivity contribution is 6.37. The molecule has 0 spiro atoms. The first kappa shape index (κ1) is 13.6. The molecule has 1 atom stereocenters. The van der Waals surface area contributed by atoms with E-state index in [0.29, 0.717) is 0 Å². The van der Waals surface area contributed by atoms with Gasteiger partial charge in [0.1, 0.15) is 0 Å². The molecule has 0 aliphatic carbocycles. The Morgan fingerprint density at radius 2 is 1.76 bits per heavy atom. The third-order valence-corrected chi connectivity index (χ3v) is 2.54. The van der Waals surface area contributed by atoms with Gasteiger partial charge in [0.2, 0.25) is 5.91 Å². The molecule has 1 amide bonds. The Labute approximate surface area is 107 Å². The van der Waals surface area contributed by atoms with E-state index in [-0.39, 0.29) is 21.4 Å². The Bertz CT molecular complexity index is 452. The topological polar surface area (TPSA) is 86.6 Å². The summed E-state index contributed by atoms with van der Waals surface area (Å²) in [7, 11) is 0. The van der Waals surface area contributed by atoms with Gasteiger partial charge < -0.3 is 15.5 Å². The highest BCUT2D eigenvalue weighted by atomic mass is 35.5. The molecular weight excluding hydrogens is 269 g/mol. The maximum absolute atomic E-state index is 11.0. The van der Waals surface area contributed by atoms with E-state index in [2.05, 4.69) is 5.32 Å². The Kier molecular flexibility index (Phi) is 4.20. The quantitative estimate of drug-likeness (QED) is 0.788. The van der Waals surface area contributed by atoms with E-state index in [4.69, 9.17) is 28.3 Å².